The van der Waals surface area contributed by atoms with Crippen molar-refractivity contribution < 1.29 is 31.5 Å². The second-order valence-corrected chi connectivity index (χ2v) is 11.7. The van der Waals surface area contributed by atoms with E-state index in [4.69, 9.17) is 5.11 Å². The van der Waals surface area contributed by atoms with E-state index in [0.717, 1.165) is 33.2 Å². The van der Waals surface area contributed by atoms with Crippen LogP contribution >= 0.6 is 22.7 Å². The molecule has 13 heteroatoms. The maximum atomic E-state index is 13.7. The minimum absolute atomic E-state index is 0.111. The number of fused-ring (bicyclic) bond motifs is 1. The van der Waals surface area contributed by atoms with Gasteiger partial charge in [-0.25, -0.2) is 22.6 Å². The number of carboxylic acid groups (broad SMARTS) is 1. The van der Waals surface area contributed by atoms with Crippen LogP contribution in [0.3, 0.4) is 0 Å². The molecule has 8 nitrogen and oxygen atoms in total. The number of hydrogen-bond donors (Lipinski definition) is 1. The summed E-state index contributed by atoms with van der Waals surface area (Å²) in [7, 11) is -3.92. The molecule has 0 amide bonds. The van der Waals surface area contributed by atoms with Crippen LogP contribution in [0.2, 0.25) is 0 Å². The van der Waals surface area contributed by atoms with Gasteiger partial charge in [0.2, 0.25) is 0 Å². The summed E-state index contributed by atoms with van der Waals surface area (Å²) in [6.45, 7) is 1.63. The number of aromatic nitrogens is 1. The number of aryl methyl sites for hydroxylation is 1. The lowest BCUT2D eigenvalue weighted by molar-refractivity contribution is 0.0691. The van der Waals surface area contributed by atoms with Gasteiger partial charge in [0.05, 0.1) is 21.8 Å². The van der Waals surface area contributed by atoms with E-state index in [2.05, 4.69) is 4.98 Å². The van der Waals surface area contributed by atoms with Crippen molar-refractivity contribution in [3.63, 3.8) is 0 Å². The van der Waals surface area contributed by atoms with Crippen LogP contribution in [0.25, 0.3) is 20.7 Å². The van der Waals surface area contributed by atoms with E-state index in [1.807, 2.05) is 0 Å². The number of aromatic carboxylic acids is 1. The molecule has 0 fully saturated rings. The van der Waals surface area contributed by atoms with Crippen molar-refractivity contribution >= 4 is 70.5 Å². The molecule has 33 heavy (non-hydrogen) atoms. The monoisotopic (exact) mass is 525 g/mol. The normalized spacial score (nSPS) is 12.7. The summed E-state index contributed by atoms with van der Waals surface area (Å²) < 4.78 is 65.1. The highest BCUT2D eigenvalue weighted by Gasteiger charge is 2.25. The van der Waals surface area contributed by atoms with E-state index >= 15 is 0 Å². The van der Waals surface area contributed by atoms with Crippen LogP contribution in [0.5, 0.6) is 0 Å². The van der Waals surface area contributed by atoms with Crippen LogP contribution in [0.1, 0.15) is 16.1 Å². The molecule has 2 heterocycles. The number of hydrogen-bond acceptors (Lipinski definition) is 8. The summed E-state index contributed by atoms with van der Waals surface area (Å²) >= 11 is -0.796. The smallest absolute Gasteiger partial charge is 0.355 e. The number of sulfone groups is 1. The molecule has 1 N–H and O–H groups in total. The molecule has 172 valence electrons. The first kappa shape index (κ1) is 23.4. The second kappa shape index (κ2) is 8.57. The first-order valence-corrected chi connectivity index (χ1v) is 13.7. The standard InChI is InChI=1S/C20H15FN2O6S4/c1-10-13-8-12(21)4-6-16(13)31-19(10)23(32(26)27)15-5-3-11(7-17(15)33(2,28)29)18-22-14(9-30-18)20(24)25/h3-9H,1-2H3,(H,24,25)(H,26,27)/p-1. The number of benzene rings is 2. The second-order valence-electron chi connectivity index (χ2n) is 6.98. The Bertz CT molecular complexity index is 1540. The van der Waals surface area contributed by atoms with Gasteiger partial charge in [0.25, 0.3) is 0 Å². The summed E-state index contributed by atoms with van der Waals surface area (Å²) in [6, 6.07) is 8.14. The van der Waals surface area contributed by atoms with Crippen molar-refractivity contribution in [2.75, 3.05) is 10.6 Å². The van der Waals surface area contributed by atoms with Gasteiger partial charge < -0.3 is 9.66 Å². The van der Waals surface area contributed by atoms with Crippen molar-refractivity contribution in [3.8, 4) is 10.6 Å². The molecule has 2 aromatic carbocycles. The minimum atomic E-state index is -3.92. The Balaban J connectivity index is 1.92. The summed E-state index contributed by atoms with van der Waals surface area (Å²) in [6.07, 6.45) is 0.944. The average Bonchev–Trinajstić information content (AvgIpc) is 3.34. The third kappa shape index (κ3) is 4.42. The largest absolute Gasteiger partial charge is 0.755 e. The molecule has 0 aliphatic rings. The lowest BCUT2D eigenvalue weighted by Crippen LogP contribution is -2.21. The van der Waals surface area contributed by atoms with Crippen LogP contribution in [0.15, 0.2) is 46.7 Å². The molecule has 0 spiro atoms. The number of rotatable bonds is 6. The van der Waals surface area contributed by atoms with Crippen LogP contribution < -0.4 is 4.31 Å². The minimum Gasteiger partial charge on any atom is -0.755 e. The highest BCUT2D eigenvalue weighted by atomic mass is 32.2. The average molecular weight is 526 g/mol. The maximum absolute atomic E-state index is 13.7. The first-order valence-electron chi connectivity index (χ1n) is 9.09. The third-order valence-corrected chi connectivity index (χ3v) is 8.82. The van der Waals surface area contributed by atoms with Crippen molar-refractivity contribution in [1.29, 1.82) is 0 Å². The molecular weight excluding hydrogens is 511 g/mol. The number of carboxylic acids is 1. The van der Waals surface area contributed by atoms with Gasteiger partial charge >= 0.3 is 5.97 Å². The Morgan fingerprint density at radius 3 is 2.58 bits per heavy atom. The van der Waals surface area contributed by atoms with Gasteiger partial charge in [0.1, 0.15) is 15.8 Å². The predicted molar refractivity (Wildman–Crippen MR) is 125 cm³/mol. The van der Waals surface area contributed by atoms with Gasteiger partial charge in [-0.15, -0.1) is 22.7 Å². The summed E-state index contributed by atoms with van der Waals surface area (Å²) in [5, 5.41) is 11.4. The lowest BCUT2D eigenvalue weighted by Gasteiger charge is -2.27. The van der Waals surface area contributed by atoms with Crippen molar-refractivity contribution in [2.24, 2.45) is 0 Å². The van der Waals surface area contributed by atoms with E-state index in [1.54, 1.807) is 6.92 Å². The van der Waals surface area contributed by atoms with Gasteiger partial charge in [0, 0.05) is 27.3 Å². The fourth-order valence-corrected chi connectivity index (χ4v) is 6.97. The molecule has 0 aliphatic carbocycles. The number of thiazole rings is 1. The van der Waals surface area contributed by atoms with E-state index in [-0.39, 0.29) is 26.3 Å². The Morgan fingerprint density at radius 1 is 1.24 bits per heavy atom. The van der Waals surface area contributed by atoms with E-state index in [9.17, 15) is 26.4 Å². The summed E-state index contributed by atoms with van der Waals surface area (Å²) in [5.74, 6) is -1.70. The molecule has 0 saturated heterocycles. The molecule has 4 rings (SSSR count). The Kier molecular flexibility index (Phi) is 6.09. The van der Waals surface area contributed by atoms with Crippen LogP contribution in [0, 0.1) is 12.7 Å². The molecule has 0 aliphatic heterocycles. The number of nitrogens with zero attached hydrogens (tertiary/aromatic N) is 2. The Labute approximate surface area is 198 Å². The fraction of sp³-hybridized carbons (Fsp3) is 0.100. The highest BCUT2D eigenvalue weighted by molar-refractivity contribution is 7.91. The fourth-order valence-electron chi connectivity index (χ4n) is 3.25. The van der Waals surface area contributed by atoms with Crippen molar-refractivity contribution in [1.82, 2.24) is 4.98 Å². The van der Waals surface area contributed by atoms with Gasteiger partial charge in [0.15, 0.2) is 15.5 Å². The van der Waals surface area contributed by atoms with Crippen LogP contribution in [-0.2, 0) is 21.1 Å². The predicted octanol–water partition coefficient (Wildman–Crippen LogP) is 4.51. The zero-order chi connectivity index (χ0) is 24.1. The number of halogens is 1. The maximum Gasteiger partial charge on any atom is 0.355 e. The van der Waals surface area contributed by atoms with E-state index in [0.29, 0.717) is 21.2 Å². The number of thiophene rings is 1. The van der Waals surface area contributed by atoms with Crippen LogP contribution in [0.4, 0.5) is 15.1 Å². The zero-order valence-corrected chi connectivity index (χ0v) is 20.2. The van der Waals surface area contributed by atoms with Crippen LogP contribution in [-0.4, -0.2) is 39.5 Å². The van der Waals surface area contributed by atoms with E-state index in [1.165, 1.54) is 41.8 Å². The number of carbonyl (C=O) groups is 1. The van der Waals surface area contributed by atoms with Gasteiger partial charge in [-0.3, -0.25) is 8.51 Å². The number of anilines is 2. The zero-order valence-electron chi connectivity index (χ0n) is 16.9. The topological polar surface area (TPSA) is 128 Å². The molecule has 0 radical (unpaired) electrons. The molecule has 0 saturated carbocycles. The lowest BCUT2D eigenvalue weighted by atomic mass is 10.1. The third-order valence-electron chi connectivity index (χ3n) is 4.75. The molecular formula is C20H14FN2O6S4-. The molecule has 4 aromatic rings. The molecule has 2 aromatic heterocycles. The Morgan fingerprint density at radius 2 is 1.97 bits per heavy atom. The SMILES string of the molecule is Cc1c(N(c2ccc(-c3nc(C(=O)O)cs3)cc2S(C)(=O)=O)S(=O)[O-])sc2ccc(F)cc12. The summed E-state index contributed by atoms with van der Waals surface area (Å²) in [5.41, 5.74) is 0.506. The first-order chi connectivity index (χ1) is 15.5. The molecule has 1 atom stereocenters. The summed E-state index contributed by atoms with van der Waals surface area (Å²) in [4.78, 5) is 14.8. The van der Waals surface area contributed by atoms with Gasteiger partial charge in [-0.1, -0.05) is 0 Å². The molecule has 1 unspecified atom stereocenters. The van der Waals surface area contributed by atoms with Gasteiger partial charge in [-0.05, 0) is 48.9 Å². The van der Waals surface area contributed by atoms with Crippen molar-refractivity contribution in [2.45, 2.75) is 11.8 Å². The molecule has 0 bridgehead atoms. The quantitative estimate of drug-likeness (QED) is 0.367. The highest BCUT2D eigenvalue weighted by Crippen LogP contribution is 2.44. The van der Waals surface area contributed by atoms with Crippen molar-refractivity contribution in [3.05, 3.63) is 58.9 Å². The van der Waals surface area contributed by atoms with E-state index < -0.39 is 32.9 Å². The van der Waals surface area contributed by atoms with Gasteiger partial charge in [-0.2, -0.15) is 0 Å². The Hall–Kier alpha value is -2.71.